The number of pyridine rings is 1. The van der Waals surface area contributed by atoms with Crippen LogP contribution in [0.4, 0.5) is 17.3 Å². The van der Waals surface area contributed by atoms with Crippen LogP contribution < -0.4 is 5.32 Å². The van der Waals surface area contributed by atoms with Gasteiger partial charge in [0.1, 0.15) is 17.3 Å². The second-order valence-corrected chi connectivity index (χ2v) is 7.88. The molecule has 37 heavy (non-hydrogen) atoms. The van der Waals surface area contributed by atoms with E-state index in [1.165, 1.54) is 42.7 Å². The van der Waals surface area contributed by atoms with Crippen LogP contribution in [0.5, 0.6) is 0 Å². The van der Waals surface area contributed by atoms with Crippen molar-refractivity contribution in [3.63, 3.8) is 0 Å². The molecule has 1 atom stereocenters. The number of aliphatic imine (C=N–C) groups is 1. The minimum absolute atomic E-state index is 0.0934. The molecule has 1 aromatic carbocycles. The lowest BCUT2D eigenvalue weighted by Crippen LogP contribution is -2.25. The van der Waals surface area contributed by atoms with Gasteiger partial charge in [0.05, 0.1) is 27.8 Å². The van der Waals surface area contributed by atoms with Gasteiger partial charge < -0.3 is 10.1 Å². The fourth-order valence-electron chi connectivity index (χ4n) is 3.75. The zero-order valence-corrected chi connectivity index (χ0v) is 19.6. The number of carbonyl (C=O) groups is 1. The van der Waals surface area contributed by atoms with Crippen molar-refractivity contribution >= 4 is 29.5 Å². The molecule has 1 N–H and O–H groups in total. The highest BCUT2D eigenvalue weighted by atomic mass is 16.6. The summed E-state index contributed by atoms with van der Waals surface area (Å²) in [6.45, 7) is 2.18. The van der Waals surface area contributed by atoms with Crippen molar-refractivity contribution in [2.45, 2.75) is 18.9 Å². The molecule has 0 spiro atoms. The van der Waals surface area contributed by atoms with Gasteiger partial charge in [-0.2, -0.15) is 0 Å². The standard InChI is InChI=1S/C24H21N7O6/c1-2-37-22(32)19-15-27-23(29-21(19)16-4-6-17(7-5-16)30(33)34)25-13-11-24(10-3-12-28-24)20-9-8-18(14-26-20)31(35)36/h3-10,12,14-15H,2,11,13H2,1H3,(H,25,27,29). The zero-order valence-electron chi connectivity index (χ0n) is 19.6. The molecule has 4 rings (SSSR count). The number of esters is 1. The Hall–Kier alpha value is -5.07. The molecular weight excluding hydrogens is 482 g/mol. The summed E-state index contributed by atoms with van der Waals surface area (Å²) in [5, 5.41) is 25.1. The van der Waals surface area contributed by atoms with Crippen LogP contribution in [0.3, 0.4) is 0 Å². The molecular formula is C24H21N7O6. The smallest absolute Gasteiger partial charge is 0.341 e. The number of nitrogens with one attached hydrogen (secondary N) is 1. The summed E-state index contributed by atoms with van der Waals surface area (Å²) in [5.41, 5.74) is 0.395. The summed E-state index contributed by atoms with van der Waals surface area (Å²) >= 11 is 0. The lowest BCUT2D eigenvalue weighted by atomic mass is 9.92. The first-order valence-electron chi connectivity index (χ1n) is 11.2. The van der Waals surface area contributed by atoms with Crippen molar-refractivity contribution in [1.29, 1.82) is 0 Å². The molecule has 1 aliphatic rings. The third kappa shape index (κ3) is 5.45. The fourth-order valence-corrected chi connectivity index (χ4v) is 3.75. The van der Waals surface area contributed by atoms with Crippen molar-refractivity contribution in [2.75, 3.05) is 18.5 Å². The van der Waals surface area contributed by atoms with Gasteiger partial charge in [-0.05, 0) is 43.7 Å². The molecule has 0 fully saturated rings. The van der Waals surface area contributed by atoms with Gasteiger partial charge in [0.15, 0.2) is 0 Å². The molecule has 13 heteroatoms. The molecule has 0 bridgehead atoms. The van der Waals surface area contributed by atoms with Crippen LogP contribution in [0, 0.1) is 20.2 Å². The van der Waals surface area contributed by atoms with Gasteiger partial charge >= 0.3 is 5.97 Å². The average Bonchev–Trinajstić information content (AvgIpc) is 3.39. The maximum atomic E-state index is 12.5. The number of allylic oxidation sites excluding steroid dienone is 1. The Morgan fingerprint density at radius 3 is 2.35 bits per heavy atom. The summed E-state index contributed by atoms with van der Waals surface area (Å²) in [7, 11) is 0. The van der Waals surface area contributed by atoms with E-state index in [0.29, 0.717) is 24.2 Å². The number of nitro groups is 2. The number of nitro benzene ring substituents is 1. The monoisotopic (exact) mass is 503 g/mol. The number of aromatic nitrogens is 3. The van der Waals surface area contributed by atoms with Gasteiger partial charge in [0.25, 0.3) is 11.4 Å². The fraction of sp³-hybridized carbons (Fsp3) is 0.208. The molecule has 1 unspecified atom stereocenters. The summed E-state index contributed by atoms with van der Waals surface area (Å²) in [5.74, 6) is -0.393. The summed E-state index contributed by atoms with van der Waals surface area (Å²) in [6, 6.07) is 8.60. The number of nitrogens with zero attached hydrogens (tertiary/aromatic N) is 6. The normalized spacial score (nSPS) is 15.9. The Labute approximate surface area is 210 Å². The van der Waals surface area contributed by atoms with Crippen molar-refractivity contribution in [1.82, 2.24) is 15.0 Å². The number of ether oxygens (including phenoxy) is 1. The number of hydrogen-bond acceptors (Lipinski definition) is 11. The van der Waals surface area contributed by atoms with Gasteiger partial charge in [-0.25, -0.2) is 14.8 Å². The molecule has 2 aromatic heterocycles. The van der Waals surface area contributed by atoms with E-state index in [1.54, 1.807) is 25.3 Å². The predicted octanol–water partition coefficient (Wildman–Crippen LogP) is 3.87. The van der Waals surface area contributed by atoms with E-state index in [1.807, 2.05) is 6.08 Å². The Balaban J connectivity index is 1.56. The van der Waals surface area contributed by atoms with Crippen LogP contribution in [-0.4, -0.2) is 50.1 Å². The molecule has 0 radical (unpaired) electrons. The summed E-state index contributed by atoms with van der Waals surface area (Å²) in [6.07, 6.45) is 8.24. The van der Waals surface area contributed by atoms with Gasteiger partial charge in [0.2, 0.25) is 5.95 Å². The van der Waals surface area contributed by atoms with E-state index in [4.69, 9.17) is 4.74 Å². The van der Waals surface area contributed by atoms with Gasteiger partial charge in [0, 0.05) is 42.7 Å². The minimum atomic E-state index is -0.811. The third-order valence-corrected chi connectivity index (χ3v) is 5.59. The lowest BCUT2D eigenvalue weighted by molar-refractivity contribution is -0.385. The molecule has 3 heterocycles. The average molecular weight is 503 g/mol. The molecule has 0 amide bonds. The van der Waals surface area contributed by atoms with Crippen molar-refractivity contribution in [2.24, 2.45) is 4.99 Å². The van der Waals surface area contributed by atoms with Crippen LogP contribution in [0.2, 0.25) is 0 Å². The molecule has 13 nitrogen and oxygen atoms in total. The molecule has 1 aliphatic heterocycles. The Morgan fingerprint density at radius 1 is 1.03 bits per heavy atom. The lowest BCUT2D eigenvalue weighted by Gasteiger charge is -2.23. The van der Waals surface area contributed by atoms with Crippen LogP contribution in [0.1, 0.15) is 29.4 Å². The first kappa shape index (κ1) is 25.0. The van der Waals surface area contributed by atoms with Crippen LogP contribution in [0.15, 0.2) is 65.9 Å². The molecule has 0 saturated heterocycles. The molecule has 0 saturated carbocycles. The maximum Gasteiger partial charge on any atom is 0.341 e. The van der Waals surface area contributed by atoms with Gasteiger partial charge in [-0.1, -0.05) is 0 Å². The number of anilines is 1. The number of rotatable bonds is 10. The highest BCUT2D eigenvalue weighted by molar-refractivity contribution is 5.96. The largest absolute Gasteiger partial charge is 0.462 e. The van der Waals surface area contributed by atoms with Gasteiger partial charge in [-0.3, -0.25) is 30.2 Å². The number of benzene rings is 1. The van der Waals surface area contributed by atoms with Crippen molar-refractivity contribution in [3.8, 4) is 11.3 Å². The van der Waals surface area contributed by atoms with E-state index < -0.39 is 21.4 Å². The van der Waals surface area contributed by atoms with E-state index in [2.05, 4.69) is 25.3 Å². The van der Waals surface area contributed by atoms with Gasteiger partial charge in [-0.15, -0.1) is 0 Å². The highest BCUT2D eigenvalue weighted by Crippen LogP contribution is 2.33. The van der Waals surface area contributed by atoms with Crippen LogP contribution in [-0.2, 0) is 10.3 Å². The molecule has 0 aliphatic carbocycles. The predicted molar refractivity (Wildman–Crippen MR) is 133 cm³/mol. The summed E-state index contributed by atoms with van der Waals surface area (Å²) < 4.78 is 5.11. The van der Waals surface area contributed by atoms with Crippen LogP contribution >= 0.6 is 0 Å². The highest BCUT2D eigenvalue weighted by Gasteiger charge is 2.32. The molecule has 3 aromatic rings. The third-order valence-electron chi connectivity index (χ3n) is 5.59. The van der Waals surface area contributed by atoms with Crippen LogP contribution in [0.25, 0.3) is 11.3 Å². The zero-order chi connectivity index (χ0) is 26.4. The first-order valence-corrected chi connectivity index (χ1v) is 11.2. The Morgan fingerprint density at radius 2 is 1.76 bits per heavy atom. The second-order valence-electron chi connectivity index (χ2n) is 7.88. The van der Waals surface area contributed by atoms with E-state index in [-0.39, 0.29) is 35.2 Å². The first-order chi connectivity index (χ1) is 17.8. The second kappa shape index (κ2) is 10.7. The van der Waals surface area contributed by atoms with E-state index in [0.717, 1.165) is 0 Å². The number of hydrogen-bond donors (Lipinski definition) is 1. The molecule has 188 valence electrons. The minimum Gasteiger partial charge on any atom is -0.462 e. The summed E-state index contributed by atoms with van der Waals surface area (Å²) in [4.78, 5) is 50.9. The van der Waals surface area contributed by atoms with Crippen molar-refractivity contribution < 1.29 is 19.4 Å². The topological polar surface area (TPSA) is 176 Å². The van der Waals surface area contributed by atoms with E-state index in [9.17, 15) is 25.0 Å². The SMILES string of the molecule is CCOC(=O)c1cnc(NCCC2(c3ccc([N+](=O)[O-])cn3)C=CC=N2)nc1-c1ccc([N+](=O)[O-])cc1. The Bertz CT molecular complexity index is 1380. The number of carbonyl (C=O) groups excluding carboxylic acids is 1. The number of non-ortho nitro benzene ring substituents is 1. The maximum absolute atomic E-state index is 12.5. The quantitative estimate of drug-likeness (QED) is 0.243. The van der Waals surface area contributed by atoms with E-state index >= 15 is 0 Å². The Kier molecular flexibility index (Phi) is 7.23. The van der Waals surface area contributed by atoms with Crippen molar-refractivity contribution in [3.05, 3.63) is 92.4 Å².